The number of carbonyl (C=O) groups excluding carboxylic acids is 1. The highest BCUT2D eigenvalue weighted by Crippen LogP contribution is 2.04. The fourth-order valence-corrected chi connectivity index (χ4v) is 1.97. The van der Waals surface area contributed by atoms with Crippen molar-refractivity contribution in [1.29, 1.82) is 0 Å². The summed E-state index contributed by atoms with van der Waals surface area (Å²) in [6, 6.07) is 0.196. The maximum atomic E-state index is 11.5. The zero-order valence-corrected chi connectivity index (χ0v) is 11.0. The Balaban J connectivity index is 3.91. The third-order valence-corrected chi connectivity index (χ3v) is 3.18. The Kier molecular flexibility index (Phi) is 8.91. The molecule has 0 rings (SSSR count). The molecule has 0 radical (unpaired) electrons. The van der Waals surface area contributed by atoms with Gasteiger partial charge in [0.1, 0.15) is 6.04 Å². The monoisotopic (exact) mass is 233 g/mol. The summed E-state index contributed by atoms with van der Waals surface area (Å²) in [5.41, 5.74) is 0. The number of hydrogen-bond donors (Lipinski definition) is 1. The first-order valence-electron chi connectivity index (χ1n) is 5.66. The van der Waals surface area contributed by atoms with Gasteiger partial charge in [-0.3, -0.25) is 4.79 Å². The van der Waals surface area contributed by atoms with Gasteiger partial charge in [0, 0.05) is 11.8 Å². The highest BCUT2D eigenvalue weighted by Gasteiger charge is 2.18. The lowest BCUT2D eigenvalue weighted by atomic mass is 10.2. The van der Waals surface area contributed by atoms with E-state index in [0.717, 1.165) is 17.9 Å². The molecule has 4 heteroatoms. The Morgan fingerprint density at radius 2 is 2.07 bits per heavy atom. The summed E-state index contributed by atoms with van der Waals surface area (Å²) in [6.07, 6.45) is 0.778. The SMILES string of the molecule is CCOC(=O)C(CC)NC(C)CSCC. The quantitative estimate of drug-likeness (QED) is 0.651. The van der Waals surface area contributed by atoms with Crippen LogP contribution in [0.4, 0.5) is 0 Å². The van der Waals surface area contributed by atoms with Crippen LogP contribution in [0.3, 0.4) is 0 Å². The second-order valence-electron chi connectivity index (χ2n) is 3.44. The van der Waals surface area contributed by atoms with E-state index in [-0.39, 0.29) is 12.0 Å². The number of nitrogens with one attached hydrogen (secondary N) is 1. The van der Waals surface area contributed by atoms with Gasteiger partial charge in [-0.15, -0.1) is 0 Å². The minimum atomic E-state index is -0.155. The van der Waals surface area contributed by atoms with Crippen molar-refractivity contribution >= 4 is 17.7 Å². The van der Waals surface area contributed by atoms with Crippen molar-refractivity contribution in [2.75, 3.05) is 18.1 Å². The van der Waals surface area contributed by atoms with Gasteiger partial charge in [-0.1, -0.05) is 13.8 Å². The summed E-state index contributed by atoms with van der Waals surface area (Å²) in [4.78, 5) is 11.5. The molecule has 0 amide bonds. The molecule has 0 aromatic rings. The van der Waals surface area contributed by atoms with E-state index in [1.165, 1.54) is 0 Å². The predicted molar refractivity (Wildman–Crippen MR) is 66.3 cm³/mol. The number of esters is 1. The molecule has 2 unspecified atom stereocenters. The first kappa shape index (κ1) is 14.8. The smallest absolute Gasteiger partial charge is 0.323 e. The third-order valence-electron chi connectivity index (χ3n) is 2.04. The highest BCUT2D eigenvalue weighted by molar-refractivity contribution is 7.99. The van der Waals surface area contributed by atoms with Crippen molar-refractivity contribution in [2.24, 2.45) is 0 Å². The standard InChI is InChI=1S/C11H23NO2S/c1-5-10(11(13)14-6-2)12-9(4)8-15-7-3/h9-10,12H,5-8H2,1-4H3. The molecule has 0 fully saturated rings. The molecule has 0 heterocycles. The Bertz CT molecular complexity index is 176. The Morgan fingerprint density at radius 3 is 2.53 bits per heavy atom. The van der Waals surface area contributed by atoms with Crippen LogP contribution >= 0.6 is 11.8 Å². The Hall–Kier alpha value is -0.220. The summed E-state index contributed by atoms with van der Waals surface area (Å²) in [5, 5.41) is 3.29. The van der Waals surface area contributed by atoms with Gasteiger partial charge < -0.3 is 10.1 Å². The number of thioether (sulfide) groups is 1. The van der Waals surface area contributed by atoms with Crippen LogP contribution in [0.25, 0.3) is 0 Å². The van der Waals surface area contributed by atoms with Gasteiger partial charge in [-0.2, -0.15) is 11.8 Å². The fraction of sp³-hybridized carbons (Fsp3) is 0.909. The topological polar surface area (TPSA) is 38.3 Å². The number of ether oxygens (including phenoxy) is 1. The van der Waals surface area contributed by atoms with Crippen molar-refractivity contribution in [1.82, 2.24) is 5.32 Å². The summed E-state index contributed by atoms with van der Waals surface area (Å²) in [6.45, 7) is 8.52. The van der Waals surface area contributed by atoms with Crippen molar-refractivity contribution in [3.63, 3.8) is 0 Å². The molecular formula is C11H23NO2S. The van der Waals surface area contributed by atoms with E-state index in [9.17, 15) is 4.79 Å². The molecule has 2 atom stereocenters. The summed E-state index contributed by atoms with van der Waals surface area (Å²) >= 11 is 1.88. The maximum Gasteiger partial charge on any atom is 0.323 e. The second kappa shape index (κ2) is 9.04. The molecule has 3 nitrogen and oxygen atoms in total. The van der Waals surface area contributed by atoms with Gasteiger partial charge in [0.2, 0.25) is 0 Å². The second-order valence-corrected chi connectivity index (χ2v) is 4.76. The van der Waals surface area contributed by atoms with E-state index in [1.54, 1.807) is 0 Å². The average molecular weight is 233 g/mol. The summed E-state index contributed by atoms with van der Waals surface area (Å²) < 4.78 is 4.99. The first-order valence-corrected chi connectivity index (χ1v) is 6.81. The number of rotatable bonds is 8. The molecule has 0 aliphatic rings. The normalized spacial score (nSPS) is 14.7. The van der Waals surface area contributed by atoms with Gasteiger partial charge in [-0.05, 0) is 26.0 Å². The molecule has 15 heavy (non-hydrogen) atoms. The molecule has 90 valence electrons. The van der Waals surface area contributed by atoms with E-state index < -0.39 is 0 Å². The zero-order chi connectivity index (χ0) is 11.7. The minimum Gasteiger partial charge on any atom is -0.465 e. The average Bonchev–Trinajstić information content (AvgIpc) is 2.23. The van der Waals surface area contributed by atoms with Crippen LogP contribution in [0, 0.1) is 0 Å². The van der Waals surface area contributed by atoms with Crippen LogP contribution in [-0.4, -0.2) is 36.2 Å². The van der Waals surface area contributed by atoms with E-state index >= 15 is 0 Å². The molecule has 0 saturated carbocycles. The molecule has 0 spiro atoms. The van der Waals surface area contributed by atoms with Gasteiger partial charge in [0.25, 0.3) is 0 Å². The first-order chi connectivity index (χ1) is 7.15. The number of carbonyl (C=O) groups is 1. The van der Waals surface area contributed by atoms with Crippen LogP contribution in [-0.2, 0) is 9.53 Å². The fourth-order valence-electron chi connectivity index (χ4n) is 1.28. The van der Waals surface area contributed by atoms with Gasteiger partial charge in [0.15, 0.2) is 0 Å². The van der Waals surface area contributed by atoms with Crippen LogP contribution < -0.4 is 5.32 Å². The van der Waals surface area contributed by atoms with E-state index in [4.69, 9.17) is 4.74 Å². The summed E-state index contributed by atoms with van der Waals surface area (Å²) in [5.74, 6) is 2.02. The van der Waals surface area contributed by atoms with Crippen LogP contribution in [0.15, 0.2) is 0 Å². The van der Waals surface area contributed by atoms with E-state index in [1.807, 2.05) is 25.6 Å². The highest BCUT2D eigenvalue weighted by atomic mass is 32.2. The van der Waals surface area contributed by atoms with Crippen molar-refractivity contribution in [2.45, 2.75) is 46.2 Å². The summed E-state index contributed by atoms with van der Waals surface area (Å²) in [7, 11) is 0. The third kappa shape index (κ3) is 6.79. The van der Waals surface area contributed by atoms with E-state index in [0.29, 0.717) is 12.6 Å². The Labute approximate surface area is 97.3 Å². The van der Waals surface area contributed by atoms with Crippen LogP contribution in [0.2, 0.25) is 0 Å². The van der Waals surface area contributed by atoms with Crippen molar-refractivity contribution in [3.8, 4) is 0 Å². The van der Waals surface area contributed by atoms with Gasteiger partial charge >= 0.3 is 5.97 Å². The maximum absolute atomic E-state index is 11.5. The van der Waals surface area contributed by atoms with Crippen molar-refractivity contribution in [3.05, 3.63) is 0 Å². The molecule has 0 bridgehead atoms. The lowest BCUT2D eigenvalue weighted by Gasteiger charge is -2.20. The predicted octanol–water partition coefficient (Wildman–Crippen LogP) is 2.06. The molecule has 0 aliphatic carbocycles. The Morgan fingerprint density at radius 1 is 1.40 bits per heavy atom. The molecule has 1 N–H and O–H groups in total. The lowest BCUT2D eigenvalue weighted by Crippen LogP contribution is -2.43. The van der Waals surface area contributed by atoms with Gasteiger partial charge in [-0.25, -0.2) is 0 Å². The zero-order valence-electron chi connectivity index (χ0n) is 10.2. The number of hydrogen-bond acceptors (Lipinski definition) is 4. The van der Waals surface area contributed by atoms with Crippen LogP contribution in [0.1, 0.15) is 34.1 Å². The molecule has 0 aromatic heterocycles. The lowest BCUT2D eigenvalue weighted by molar-refractivity contribution is -0.145. The largest absolute Gasteiger partial charge is 0.465 e. The van der Waals surface area contributed by atoms with Crippen molar-refractivity contribution < 1.29 is 9.53 Å². The molecule has 0 aliphatic heterocycles. The molecular weight excluding hydrogens is 210 g/mol. The van der Waals surface area contributed by atoms with Gasteiger partial charge in [0.05, 0.1) is 6.61 Å². The molecule has 0 saturated heterocycles. The van der Waals surface area contributed by atoms with E-state index in [2.05, 4.69) is 19.2 Å². The minimum absolute atomic E-state index is 0.131. The molecule has 0 aromatic carbocycles. The van der Waals surface area contributed by atoms with Crippen LogP contribution in [0.5, 0.6) is 0 Å².